The lowest BCUT2D eigenvalue weighted by molar-refractivity contribution is -0.137. The molecular formula is C16H30N2O2. The number of carbonyl (C=O) groups excluding carboxylic acids is 1. The van der Waals surface area contributed by atoms with Crippen molar-refractivity contribution in [2.75, 3.05) is 26.8 Å². The Hall–Kier alpha value is -0.610. The third kappa shape index (κ3) is 3.73. The lowest BCUT2D eigenvalue weighted by atomic mass is 9.78. The quantitative estimate of drug-likeness (QED) is 0.776. The zero-order chi connectivity index (χ0) is 14.4. The van der Waals surface area contributed by atoms with Crippen molar-refractivity contribution >= 4 is 5.91 Å². The van der Waals surface area contributed by atoms with Gasteiger partial charge in [0.2, 0.25) is 5.91 Å². The molecule has 2 fully saturated rings. The summed E-state index contributed by atoms with van der Waals surface area (Å²) < 4.78 is 5.36. The van der Waals surface area contributed by atoms with Gasteiger partial charge in [0.15, 0.2) is 0 Å². The highest BCUT2D eigenvalue weighted by Crippen LogP contribution is 2.31. The van der Waals surface area contributed by atoms with Crippen molar-refractivity contribution in [1.82, 2.24) is 10.6 Å². The van der Waals surface area contributed by atoms with Crippen LogP contribution in [0.3, 0.4) is 0 Å². The number of carbonyl (C=O) groups is 1. The number of piperidine rings is 1. The van der Waals surface area contributed by atoms with E-state index >= 15 is 0 Å². The SMILES string of the molecule is COCC1(C(=O)NC2CCCCCC2C)CCNCC1. The average Bonchev–Trinajstić information content (AvgIpc) is 2.65. The first-order valence-electron chi connectivity index (χ1n) is 8.18. The Labute approximate surface area is 123 Å². The highest BCUT2D eigenvalue weighted by atomic mass is 16.5. The van der Waals surface area contributed by atoms with E-state index in [2.05, 4.69) is 17.6 Å². The first-order valence-corrected chi connectivity index (χ1v) is 8.18. The number of nitrogens with one attached hydrogen (secondary N) is 2. The van der Waals surface area contributed by atoms with Gasteiger partial charge in [-0.1, -0.05) is 26.2 Å². The van der Waals surface area contributed by atoms with Crippen LogP contribution in [-0.4, -0.2) is 38.8 Å². The van der Waals surface area contributed by atoms with E-state index in [1.807, 2.05) is 0 Å². The minimum absolute atomic E-state index is 0.222. The van der Waals surface area contributed by atoms with Crippen LogP contribution in [0, 0.1) is 11.3 Å². The molecule has 2 rings (SSSR count). The molecule has 2 N–H and O–H groups in total. The molecule has 1 saturated carbocycles. The molecule has 0 aromatic heterocycles. The summed E-state index contributed by atoms with van der Waals surface area (Å²) in [5, 5.41) is 6.70. The van der Waals surface area contributed by atoms with Crippen molar-refractivity contribution in [2.45, 2.75) is 57.9 Å². The summed E-state index contributed by atoms with van der Waals surface area (Å²) >= 11 is 0. The Morgan fingerprint density at radius 1 is 1.25 bits per heavy atom. The minimum Gasteiger partial charge on any atom is -0.384 e. The summed E-state index contributed by atoms with van der Waals surface area (Å²) in [6.07, 6.45) is 8.00. The van der Waals surface area contributed by atoms with Crippen molar-refractivity contribution in [2.24, 2.45) is 11.3 Å². The first kappa shape index (κ1) is 15.8. The van der Waals surface area contributed by atoms with Gasteiger partial charge in [-0.2, -0.15) is 0 Å². The molecule has 1 amide bonds. The van der Waals surface area contributed by atoms with E-state index in [0.29, 0.717) is 18.6 Å². The zero-order valence-electron chi connectivity index (χ0n) is 13.0. The molecule has 0 radical (unpaired) electrons. The maximum Gasteiger partial charge on any atom is 0.228 e. The van der Waals surface area contributed by atoms with Crippen LogP contribution in [0.15, 0.2) is 0 Å². The maximum atomic E-state index is 12.8. The van der Waals surface area contributed by atoms with E-state index < -0.39 is 0 Å². The fraction of sp³-hybridized carbons (Fsp3) is 0.938. The molecule has 0 bridgehead atoms. The molecule has 4 nitrogen and oxygen atoms in total. The summed E-state index contributed by atoms with van der Waals surface area (Å²) in [4.78, 5) is 12.8. The normalized spacial score (nSPS) is 30.5. The van der Waals surface area contributed by atoms with Gasteiger partial charge in [-0.25, -0.2) is 0 Å². The van der Waals surface area contributed by atoms with Crippen LogP contribution < -0.4 is 10.6 Å². The van der Waals surface area contributed by atoms with Crippen molar-refractivity contribution < 1.29 is 9.53 Å². The molecule has 1 aliphatic carbocycles. The molecule has 0 spiro atoms. The zero-order valence-corrected chi connectivity index (χ0v) is 13.0. The molecule has 116 valence electrons. The average molecular weight is 282 g/mol. The number of ether oxygens (including phenoxy) is 1. The molecule has 2 atom stereocenters. The molecule has 4 heteroatoms. The Morgan fingerprint density at radius 3 is 2.65 bits per heavy atom. The lowest BCUT2D eigenvalue weighted by Gasteiger charge is -2.37. The number of methoxy groups -OCH3 is 1. The van der Waals surface area contributed by atoms with Crippen LogP contribution in [0.2, 0.25) is 0 Å². The van der Waals surface area contributed by atoms with Crippen LogP contribution in [0.4, 0.5) is 0 Å². The standard InChI is InChI=1S/C16H30N2O2/c1-13-6-4-3-5-7-14(13)18-15(19)16(12-20-2)8-10-17-11-9-16/h13-14,17H,3-12H2,1-2H3,(H,18,19). The van der Waals surface area contributed by atoms with Gasteiger partial charge in [0.05, 0.1) is 12.0 Å². The molecular weight excluding hydrogens is 252 g/mol. The number of hydrogen-bond donors (Lipinski definition) is 2. The smallest absolute Gasteiger partial charge is 0.228 e. The van der Waals surface area contributed by atoms with E-state index in [-0.39, 0.29) is 11.3 Å². The predicted molar refractivity (Wildman–Crippen MR) is 80.6 cm³/mol. The monoisotopic (exact) mass is 282 g/mol. The maximum absolute atomic E-state index is 12.8. The highest BCUT2D eigenvalue weighted by Gasteiger charge is 2.40. The van der Waals surface area contributed by atoms with Crippen LogP contribution in [0.1, 0.15) is 51.9 Å². The summed E-state index contributed by atoms with van der Waals surface area (Å²) in [5.74, 6) is 0.822. The lowest BCUT2D eigenvalue weighted by Crippen LogP contribution is -2.53. The number of amides is 1. The third-order valence-electron chi connectivity index (χ3n) is 5.14. The van der Waals surface area contributed by atoms with E-state index in [4.69, 9.17) is 4.74 Å². The third-order valence-corrected chi connectivity index (χ3v) is 5.14. The van der Waals surface area contributed by atoms with E-state index in [1.54, 1.807) is 7.11 Å². The number of rotatable bonds is 4. The van der Waals surface area contributed by atoms with Gasteiger partial charge >= 0.3 is 0 Å². The molecule has 0 aromatic rings. The van der Waals surface area contributed by atoms with Gasteiger partial charge in [0.1, 0.15) is 0 Å². The second-order valence-electron chi connectivity index (χ2n) is 6.66. The van der Waals surface area contributed by atoms with Gasteiger partial charge in [-0.05, 0) is 44.7 Å². The van der Waals surface area contributed by atoms with Crippen LogP contribution in [0.5, 0.6) is 0 Å². The van der Waals surface area contributed by atoms with Gasteiger partial charge < -0.3 is 15.4 Å². The Balaban J connectivity index is 1.99. The Kier molecular flexibility index (Phi) is 5.85. The van der Waals surface area contributed by atoms with Crippen molar-refractivity contribution in [3.63, 3.8) is 0 Å². The van der Waals surface area contributed by atoms with Crippen LogP contribution in [-0.2, 0) is 9.53 Å². The second kappa shape index (κ2) is 7.41. The summed E-state index contributed by atoms with van der Waals surface area (Å²) in [6.45, 7) is 4.65. The minimum atomic E-state index is -0.313. The topological polar surface area (TPSA) is 50.4 Å². The van der Waals surface area contributed by atoms with Gasteiger partial charge in [0.25, 0.3) is 0 Å². The molecule has 2 aliphatic rings. The molecule has 1 heterocycles. The summed E-state index contributed by atoms with van der Waals surface area (Å²) in [7, 11) is 1.70. The molecule has 2 unspecified atom stereocenters. The predicted octanol–water partition coefficient (Wildman–Crippen LogP) is 2.09. The van der Waals surface area contributed by atoms with E-state index in [0.717, 1.165) is 32.4 Å². The molecule has 0 aromatic carbocycles. The van der Waals surface area contributed by atoms with Crippen LogP contribution >= 0.6 is 0 Å². The van der Waals surface area contributed by atoms with Crippen molar-refractivity contribution in [3.05, 3.63) is 0 Å². The Morgan fingerprint density at radius 2 is 1.95 bits per heavy atom. The fourth-order valence-corrected chi connectivity index (χ4v) is 3.65. The first-order chi connectivity index (χ1) is 9.68. The van der Waals surface area contributed by atoms with Crippen molar-refractivity contribution in [1.29, 1.82) is 0 Å². The van der Waals surface area contributed by atoms with Crippen molar-refractivity contribution in [3.8, 4) is 0 Å². The molecule has 1 saturated heterocycles. The summed E-state index contributed by atoms with van der Waals surface area (Å²) in [6, 6.07) is 0.355. The van der Waals surface area contributed by atoms with Gasteiger partial charge in [-0.3, -0.25) is 4.79 Å². The number of hydrogen-bond acceptors (Lipinski definition) is 3. The fourth-order valence-electron chi connectivity index (χ4n) is 3.65. The Bertz CT molecular complexity index is 308. The van der Waals surface area contributed by atoms with E-state index in [1.165, 1.54) is 25.7 Å². The van der Waals surface area contributed by atoms with Gasteiger partial charge in [-0.15, -0.1) is 0 Å². The second-order valence-corrected chi connectivity index (χ2v) is 6.66. The molecule has 20 heavy (non-hydrogen) atoms. The molecule has 1 aliphatic heterocycles. The largest absolute Gasteiger partial charge is 0.384 e. The van der Waals surface area contributed by atoms with E-state index in [9.17, 15) is 4.79 Å². The summed E-state index contributed by atoms with van der Waals surface area (Å²) in [5.41, 5.74) is -0.313. The van der Waals surface area contributed by atoms with Gasteiger partial charge in [0, 0.05) is 13.2 Å². The van der Waals surface area contributed by atoms with Crippen LogP contribution in [0.25, 0.3) is 0 Å². The highest BCUT2D eigenvalue weighted by molar-refractivity contribution is 5.83.